The second-order valence-corrected chi connectivity index (χ2v) is 6.47. The molecule has 3 N–H and O–H groups in total. The largest absolute Gasteiger partial charge is 0.401 e. The second-order valence-electron chi connectivity index (χ2n) is 6.47. The van der Waals surface area contributed by atoms with Gasteiger partial charge in [0.25, 0.3) is 5.69 Å². The maximum atomic E-state index is 12.5. The summed E-state index contributed by atoms with van der Waals surface area (Å²) in [6.45, 7) is 3.34. The molecule has 1 aromatic rings. The molecule has 0 radical (unpaired) electrons. The van der Waals surface area contributed by atoms with Crippen LogP contribution in [0.4, 0.5) is 24.5 Å². The summed E-state index contributed by atoms with van der Waals surface area (Å²) in [4.78, 5) is 16.0. The van der Waals surface area contributed by atoms with Crippen LogP contribution in [-0.4, -0.2) is 67.3 Å². The SMILES string of the molecule is CCNC(=NCCNc1ccc([N+](=O)[O-])cc1)NC1CCN(CC(F)(F)F)C1. The van der Waals surface area contributed by atoms with Crippen molar-refractivity contribution in [3.63, 3.8) is 0 Å². The van der Waals surface area contributed by atoms with Gasteiger partial charge in [0.05, 0.1) is 18.0 Å². The molecule has 1 aromatic carbocycles. The van der Waals surface area contributed by atoms with Crippen LogP contribution in [0.5, 0.6) is 0 Å². The van der Waals surface area contributed by atoms with E-state index in [1.165, 1.54) is 17.0 Å². The molecule has 2 rings (SSSR count). The first-order chi connectivity index (χ1) is 13.3. The van der Waals surface area contributed by atoms with Gasteiger partial charge in [0.2, 0.25) is 0 Å². The molecule has 1 fully saturated rings. The van der Waals surface area contributed by atoms with Crippen molar-refractivity contribution in [3.8, 4) is 0 Å². The van der Waals surface area contributed by atoms with E-state index in [-0.39, 0.29) is 11.7 Å². The first-order valence-electron chi connectivity index (χ1n) is 9.09. The molecule has 1 heterocycles. The lowest BCUT2D eigenvalue weighted by atomic mass is 10.3. The molecule has 0 saturated carbocycles. The lowest BCUT2D eigenvalue weighted by Gasteiger charge is -2.19. The molecule has 1 atom stereocenters. The van der Waals surface area contributed by atoms with Crippen LogP contribution >= 0.6 is 0 Å². The van der Waals surface area contributed by atoms with Crippen LogP contribution < -0.4 is 16.0 Å². The van der Waals surface area contributed by atoms with Crippen LogP contribution in [0.3, 0.4) is 0 Å². The van der Waals surface area contributed by atoms with Crippen LogP contribution in [0.25, 0.3) is 0 Å². The predicted molar refractivity (Wildman–Crippen MR) is 102 cm³/mol. The number of non-ortho nitro benzene ring substituents is 1. The number of aliphatic imine (C=N–C) groups is 1. The van der Waals surface area contributed by atoms with Crippen LogP contribution in [0.2, 0.25) is 0 Å². The van der Waals surface area contributed by atoms with Crippen molar-refractivity contribution < 1.29 is 18.1 Å². The molecule has 1 saturated heterocycles. The van der Waals surface area contributed by atoms with Crippen LogP contribution in [-0.2, 0) is 0 Å². The molecular weight excluding hydrogens is 377 g/mol. The van der Waals surface area contributed by atoms with E-state index in [2.05, 4.69) is 20.9 Å². The summed E-state index contributed by atoms with van der Waals surface area (Å²) in [5.41, 5.74) is 0.774. The first-order valence-corrected chi connectivity index (χ1v) is 9.09. The second kappa shape index (κ2) is 10.1. The van der Waals surface area contributed by atoms with E-state index in [1.807, 2.05) is 6.92 Å². The number of hydrogen-bond donors (Lipinski definition) is 3. The van der Waals surface area contributed by atoms with E-state index in [9.17, 15) is 23.3 Å². The Balaban J connectivity index is 1.78. The fourth-order valence-electron chi connectivity index (χ4n) is 2.93. The molecule has 0 aromatic heterocycles. The number of guanidine groups is 1. The van der Waals surface area contributed by atoms with Gasteiger partial charge in [0.1, 0.15) is 0 Å². The normalized spacial score (nSPS) is 18.1. The highest BCUT2D eigenvalue weighted by atomic mass is 19.4. The fourth-order valence-corrected chi connectivity index (χ4v) is 2.93. The standard InChI is InChI=1S/C17H25F3N6O2/c1-2-21-16(24-14-7-10-25(11-14)12-17(18,19)20)23-9-8-22-13-3-5-15(6-4-13)26(27)28/h3-6,14,22H,2,7-12H2,1H3,(H2,21,23,24). The van der Waals surface area contributed by atoms with E-state index in [1.54, 1.807) is 12.1 Å². The number of likely N-dealkylation sites (tertiary alicyclic amines) is 1. The van der Waals surface area contributed by atoms with Crippen molar-refractivity contribution in [2.75, 3.05) is 44.6 Å². The predicted octanol–water partition coefficient (Wildman–Crippen LogP) is 2.20. The molecule has 0 aliphatic carbocycles. The highest BCUT2D eigenvalue weighted by molar-refractivity contribution is 5.80. The summed E-state index contributed by atoms with van der Waals surface area (Å²) in [6.07, 6.45) is -3.56. The van der Waals surface area contributed by atoms with Crippen LogP contribution in [0.15, 0.2) is 29.3 Å². The van der Waals surface area contributed by atoms with Crippen molar-refractivity contribution in [3.05, 3.63) is 34.4 Å². The number of rotatable bonds is 8. The van der Waals surface area contributed by atoms with Crippen molar-refractivity contribution in [2.45, 2.75) is 25.6 Å². The molecule has 28 heavy (non-hydrogen) atoms. The fraction of sp³-hybridized carbons (Fsp3) is 0.588. The Morgan fingerprint density at radius 1 is 1.36 bits per heavy atom. The molecule has 8 nitrogen and oxygen atoms in total. The van der Waals surface area contributed by atoms with E-state index in [4.69, 9.17) is 0 Å². The summed E-state index contributed by atoms with van der Waals surface area (Å²) in [6, 6.07) is 6.01. The Morgan fingerprint density at radius 2 is 2.07 bits per heavy atom. The summed E-state index contributed by atoms with van der Waals surface area (Å²) < 4.78 is 37.5. The third kappa shape index (κ3) is 7.59. The molecule has 0 amide bonds. The maximum absolute atomic E-state index is 12.5. The third-order valence-electron chi connectivity index (χ3n) is 4.15. The third-order valence-corrected chi connectivity index (χ3v) is 4.15. The number of nitrogens with one attached hydrogen (secondary N) is 3. The number of anilines is 1. The number of hydrogen-bond acceptors (Lipinski definition) is 5. The number of benzene rings is 1. The maximum Gasteiger partial charge on any atom is 0.401 e. The Morgan fingerprint density at radius 3 is 2.68 bits per heavy atom. The van der Waals surface area contributed by atoms with E-state index >= 15 is 0 Å². The van der Waals surface area contributed by atoms with Crippen LogP contribution in [0.1, 0.15) is 13.3 Å². The molecule has 1 aliphatic heterocycles. The zero-order chi connectivity index (χ0) is 20.6. The molecule has 0 spiro atoms. The van der Waals surface area contributed by atoms with E-state index in [0.29, 0.717) is 45.1 Å². The monoisotopic (exact) mass is 402 g/mol. The molecular formula is C17H25F3N6O2. The molecule has 1 unspecified atom stereocenters. The Labute approximate surface area is 161 Å². The highest BCUT2D eigenvalue weighted by Gasteiger charge is 2.34. The molecule has 156 valence electrons. The van der Waals surface area contributed by atoms with E-state index in [0.717, 1.165) is 5.69 Å². The van der Waals surface area contributed by atoms with Crippen molar-refractivity contribution >= 4 is 17.3 Å². The van der Waals surface area contributed by atoms with Gasteiger partial charge in [-0.05, 0) is 25.5 Å². The summed E-state index contributed by atoms with van der Waals surface area (Å²) >= 11 is 0. The lowest BCUT2D eigenvalue weighted by molar-refractivity contribution is -0.384. The van der Waals surface area contributed by atoms with Crippen molar-refractivity contribution in [1.82, 2.24) is 15.5 Å². The number of nitro groups is 1. The van der Waals surface area contributed by atoms with Gasteiger partial charge in [-0.2, -0.15) is 13.2 Å². The summed E-state index contributed by atoms with van der Waals surface area (Å²) in [5, 5.41) is 20.0. The first kappa shape index (κ1) is 21.7. The molecule has 11 heteroatoms. The molecule has 0 bridgehead atoms. The van der Waals surface area contributed by atoms with Gasteiger partial charge in [-0.3, -0.25) is 20.0 Å². The molecule has 1 aliphatic rings. The Hall–Kier alpha value is -2.56. The number of nitrogens with zero attached hydrogens (tertiary/aromatic N) is 3. The summed E-state index contributed by atoms with van der Waals surface area (Å²) in [7, 11) is 0. The van der Waals surface area contributed by atoms with Crippen LogP contribution in [0, 0.1) is 10.1 Å². The minimum Gasteiger partial charge on any atom is -0.383 e. The topological polar surface area (TPSA) is 94.8 Å². The minimum absolute atomic E-state index is 0.0262. The zero-order valence-corrected chi connectivity index (χ0v) is 15.6. The van der Waals surface area contributed by atoms with Gasteiger partial charge in [-0.25, -0.2) is 0 Å². The van der Waals surface area contributed by atoms with Gasteiger partial charge < -0.3 is 16.0 Å². The van der Waals surface area contributed by atoms with Crippen molar-refractivity contribution in [2.24, 2.45) is 4.99 Å². The quantitative estimate of drug-likeness (QED) is 0.203. The lowest BCUT2D eigenvalue weighted by Crippen LogP contribution is -2.45. The smallest absolute Gasteiger partial charge is 0.383 e. The number of alkyl halides is 3. The van der Waals surface area contributed by atoms with Gasteiger partial charge >= 0.3 is 6.18 Å². The Bertz CT molecular complexity index is 666. The number of halogens is 3. The highest BCUT2D eigenvalue weighted by Crippen LogP contribution is 2.20. The van der Waals surface area contributed by atoms with Gasteiger partial charge in [0.15, 0.2) is 5.96 Å². The number of nitro benzene ring substituents is 1. The van der Waals surface area contributed by atoms with Crippen molar-refractivity contribution in [1.29, 1.82) is 0 Å². The van der Waals surface area contributed by atoms with E-state index < -0.39 is 17.6 Å². The van der Waals surface area contributed by atoms with Gasteiger partial charge in [-0.15, -0.1) is 0 Å². The average Bonchev–Trinajstić information content (AvgIpc) is 3.04. The summed E-state index contributed by atoms with van der Waals surface area (Å²) in [5.74, 6) is 0.562. The Kier molecular flexibility index (Phi) is 7.85. The van der Waals surface area contributed by atoms with Gasteiger partial charge in [0, 0.05) is 50.0 Å². The zero-order valence-electron chi connectivity index (χ0n) is 15.6. The minimum atomic E-state index is -4.18. The van der Waals surface area contributed by atoms with Gasteiger partial charge in [-0.1, -0.05) is 0 Å². The average molecular weight is 402 g/mol.